The van der Waals surface area contributed by atoms with Gasteiger partial charge in [-0.05, 0) is 33.6 Å². The topological polar surface area (TPSA) is 133 Å². The molecule has 11 heteroatoms. The number of amides is 2. The van der Waals surface area contributed by atoms with E-state index in [9.17, 15) is 9.59 Å². The average molecular weight is 455 g/mol. The molecular formula is C22H30N8O3. The molecule has 0 spiro atoms. The third-order valence-corrected chi connectivity index (χ3v) is 5.71. The van der Waals surface area contributed by atoms with Crippen LogP contribution in [0.25, 0.3) is 16.8 Å². The van der Waals surface area contributed by atoms with E-state index in [4.69, 9.17) is 15.5 Å². The number of nitrogen functional groups attached to an aromatic ring is 1. The number of nitrogens with two attached hydrogens (primary N) is 1. The van der Waals surface area contributed by atoms with Crippen LogP contribution < -0.4 is 11.1 Å². The van der Waals surface area contributed by atoms with Gasteiger partial charge in [0.25, 0.3) is 0 Å². The smallest absolute Gasteiger partial charge is 0.410 e. The van der Waals surface area contributed by atoms with Gasteiger partial charge in [0.2, 0.25) is 5.91 Å². The third kappa shape index (κ3) is 4.48. The Labute approximate surface area is 191 Å². The Hall–Kier alpha value is -3.63. The molecule has 0 radical (unpaired) electrons. The van der Waals surface area contributed by atoms with Crippen molar-refractivity contribution in [2.24, 2.45) is 7.05 Å². The summed E-state index contributed by atoms with van der Waals surface area (Å²) in [7, 11) is 3.41. The molecule has 11 nitrogen and oxygen atoms in total. The zero-order valence-corrected chi connectivity index (χ0v) is 19.6. The van der Waals surface area contributed by atoms with Gasteiger partial charge < -0.3 is 15.8 Å². The number of fused-ring (bicyclic) bond motifs is 1. The molecular weight excluding hydrogens is 424 g/mol. The van der Waals surface area contributed by atoms with E-state index in [1.807, 2.05) is 13.2 Å². The van der Waals surface area contributed by atoms with Crippen LogP contribution in [0.2, 0.25) is 0 Å². The minimum absolute atomic E-state index is 0.109. The first kappa shape index (κ1) is 22.6. The van der Waals surface area contributed by atoms with E-state index < -0.39 is 17.7 Å². The molecule has 0 unspecified atom stereocenters. The van der Waals surface area contributed by atoms with Gasteiger partial charge in [0.05, 0.1) is 18.1 Å². The minimum atomic E-state index is -0.672. The summed E-state index contributed by atoms with van der Waals surface area (Å²) in [5.74, 6) is 0.127. The predicted molar refractivity (Wildman–Crippen MR) is 122 cm³/mol. The lowest BCUT2D eigenvalue weighted by Gasteiger charge is -2.39. The SMILES string of the molecule is CNC(=O)[C@@H]1CC[C@H](c2cc(N)n3ncc(-c4cnn(C)c4)c3n2)CN1C(=O)OC(C)(C)C. The van der Waals surface area contributed by atoms with Crippen molar-refractivity contribution in [3.8, 4) is 11.1 Å². The highest BCUT2D eigenvalue weighted by molar-refractivity contribution is 5.86. The number of piperidine rings is 1. The fourth-order valence-corrected chi connectivity index (χ4v) is 4.15. The highest BCUT2D eigenvalue weighted by atomic mass is 16.6. The van der Waals surface area contributed by atoms with Gasteiger partial charge in [-0.1, -0.05) is 0 Å². The summed E-state index contributed by atoms with van der Waals surface area (Å²) >= 11 is 0. The highest BCUT2D eigenvalue weighted by Gasteiger charge is 2.39. The average Bonchev–Trinajstić information content (AvgIpc) is 3.37. The number of carbonyl (C=O) groups is 2. The summed E-state index contributed by atoms with van der Waals surface area (Å²) in [5, 5.41) is 11.3. The summed E-state index contributed by atoms with van der Waals surface area (Å²) in [6.07, 6.45) is 6.01. The van der Waals surface area contributed by atoms with Crippen molar-refractivity contribution in [1.82, 2.24) is 34.6 Å². The van der Waals surface area contributed by atoms with E-state index in [0.717, 1.165) is 16.8 Å². The predicted octanol–water partition coefficient (Wildman–Crippen LogP) is 1.94. The Bertz CT molecular complexity index is 1190. The fourth-order valence-electron chi connectivity index (χ4n) is 4.15. The van der Waals surface area contributed by atoms with Gasteiger partial charge in [0.1, 0.15) is 17.5 Å². The molecule has 0 aromatic carbocycles. The molecule has 4 rings (SSSR count). The summed E-state index contributed by atoms with van der Waals surface area (Å²) in [5.41, 5.74) is 8.70. The summed E-state index contributed by atoms with van der Waals surface area (Å²) in [6.45, 7) is 5.71. The molecule has 3 aromatic rings. The number of anilines is 1. The fraction of sp³-hybridized carbons (Fsp3) is 0.500. The number of aryl methyl sites for hydroxylation is 1. The van der Waals surface area contributed by atoms with E-state index in [2.05, 4.69) is 15.5 Å². The standard InChI is InChI=1S/C22H30N8O3/c1-22(2,3)33-21(32)29-12-13(6-7-17(29)20(31)24-4)16-8-18(23)30-19(27-16)15(10-26-30)14-9-25-28(5)11-14/h8-11,13,17H,6-7,12,23H2,1-5H3,(H,24,31)/t13-,17-/m0/s1. The summed E-state index contributed by atoms with van der Waals surface area (Å²) in [4.78, 5) is 31.8. The van der Waals surface area contributed by atoms with E-state index >= 15 is 0 Å². The van der Waals surface area contributed by atoms with E-state index in [1.54, 1.807) is 55.5 Å². The number of nitrogens with one attached hydrogen (secondary N) is 1. The van der Waals surface area contributed by atoms with Gasteiger partial charge in [-0.15, -0.1) is 0 Å². The maximum atomic E-state index is 13.0. The molecule has 0 aliphatic carbocycles. The number of nitrogens with zero attached hydrogens (tertiary/aromatic N) is 6. The van der Waals surface area contributed by atoms with Crippen LogP contribution >= 0.6 is 0 Å². The van der Waals surface area contributed by atoms with Crippen LogP contribution in [-0.4, -0.2) is 66.5 Å². The zero-order chi connectivity index (χ0) is 23.9. The van der Waals surface area contributed by atoms with Crippen molar-refractivity contribution in [1.29, 1.82) is 0 Å². The van der Waals surface area contributed by atoms with Crippen LogP contribution in [0.5, 0.6) is 0 Å². The van der Waals surface area contributed by atoms with Crippen LogP contribution in [0.1, 0.15) is 45.2 Å². The molecule has 3 aromatic heterocycles. The maximum absolute atomic E-state index is 13.0. The van der Waals surface area contributed by atoms with Crippen LogP contribution in [0.4, 0.5) is 10.6 Å². The van der Waals surface area contributed by atoms with Gasteiger partial charge >= 0.3 is 6.09 Å². The number of hydrogen-bond donors (Lipinski definition) is 2. The number of rotatable bonds is 3. The normalized spacial score (nSPS) is 19.0. The van der Waals surface area contributed by atoms with E-state index in [1.165, 1.54) is 4.90 Å². The largest absolute Gasteiger partial charge is 0.444 e. The lowest BCUT2D eigenvalue weighted by atomic mass is 9.90. The molecule has 1 aliphatic heterocycles. The van der Waals surface area contributed by atoms with Gasteiger partial charge in [-0.25, -0.2) is 9.78 Å². The number of hydrogen-bond acceptors (Lipinski definition) is 7. The van der Waals surface area contributed by atoms with Gasteiger partial charge in [0.15, 0.2) is 5.65 Å². The van der Waals surface area contributed by atoms with Crippen LogP contribution in [-0.2, 0) is 16.6 Å². The minimum Gasteiger partial charge on any atom is -0.444 e. The second-order valence-corrected chi connectivity index (χ2v) is 9.34. The number of ether oxygens (including phenoxy) is 1. The molecule has 2 atom stereocenters. The van der Waals surface area contributed by atoms with Crippen LogP contribution in [0.15, 0.2) is 24.7 Å². The van der Waals surface area contributed by atoms with E-state index in [0.29, 0.717) is 30.9 Å². The lowest BCUT2D eigenvalue weighted by molar-refractivity contribution is -0.127. The first-order chi connectivity index (χ1) is 15.6. The van der Waals surface area contributed by atoms with Gasteiger partial charge in [0, 0.05) is 49.9 Å². The quantitative estimate of drug-likeness (QED) is 0.618. The highest BCUT2D eigenvalue weighted by Crippen LogP contribution is 2.33. The van der Waals surface area contributed by atoms with Gasteiger partial charge in [-0.3, -0.25) is 14.4 Å². The Balaban J connectivity index is 1.68. The van der Waals surface area contributed by atoms with Gasteiger partial charge in [-0.2, -0.15) is 14.7 Å². The lowest BCUT2D eigenvalue weighted by Crippen LogP contribution is -2.54. The molecule has 1 aliphatic rings. The Morgan fingerprint density at radius 1 is 1.21 bits per heavy atom. The van der Waals surface area contributed by atoms with Crippen molar-refractivity contribution >= 4 is 23.5 Å². The van der Waals surface area contributed by atoms with Crippen molar-refractivity contribution in [3.05, 3.63) is 30.4 Å². The molecule has 1 saturated heterocycles. The molecule has 2 amide bonds. The number of aromatic nitrogens is 5. The van der Waals surface area contributed by atoms with Crippen molar-refractivity contribution in [2.75, 3.05) is 19.3 Å². The molecule has 33 heavy (non-hydrogen) atoms. The molecule has 0 bridgehead atoms. The summed E-state index contributed by atoms with van der Waals surface area (Å²) < 4.78 is 8.89. The number of likely N-dealkylation sites (tertiary alicyclic amines) is 1. The van der Waals surface area contributed by atoms with Crippen LogP contribution in [0, 0.1) is 0 Å². The first-order valence-corrected chi connectivity index (χ1v) is 10.9. The monoisotopic (exact) mass is 454 g/mol. The van der Waals surface area contributed by atoms with Crippen LogP contribution in [0.3, 0.4) is 0 Å². The molecule has 1 fully saturated rings. The number of likely N-dealkylation sites (N-methyl/N-ethyl adjacent to an activating group) is 1. The second-order valence-electron chi connectivity index (χ2n) is 9.34. The Morgan fingerprint density at radius 2 is 1.97 bits per heavy atom. The molecule has 176 valence electrons. The first-order valence-electron chi connectivity index (χ1n) is 10.9. The maximum Gasteiger partial charge on any atom is 0.410 e. The molecule has 4 heterocycles. The molecule has 0 saturated carbocycles. The molecule has 3 N–H and O–H groups in total. The number of carbonyl (C=O) groups excluding carboxylic acids is 2. The van der Waals surface area contributed by atoms with Crippen molar-refractivity contribution in [3.63, 3.8) is 0 Å². The zero-order valence-electron chi connectivity index (χ0n) is 19.6. The van der Waals surface area contributed by atoms with E-state index in [-0.39, 0.29) is 11.8 Å². The Morgan fingerprint density at radius 3 is 2.61 bits per heavy atom. The van der Waals surface area contributed by atoms with Crippen molar-refractivity contribution in [2.45, 2.75) is 51.2 Å². The summed E-state index contributed by atoms with van der Waals surface area (Å²) in [6, 6.07) is 1.19. The third-order valence-electron chi connectivity index (χ3n) is 5.71. The van der Waals surface area contributed by atoms with Crippen molar-refractivity contribution < 1.29 is 14.3 Å². The second kappa shape index (κ2) is 8.38. The Kier molecular flexibility index (Phi) is 5.73.